The lowest BCUT2D eigenvalue weighted by atomic mass is 9.86. The van der Waals surface area contributed by atoms with Crippen molar-refractivity contribution < 1.29 is 14.6 Å². The number of imidazole rings is 1. The third kappa shape index (κ3) is 5.14. The van der Waals surface area contributed by atoms with Gasteiger partial charge < -0.3 is 24.3 Å². The minimum absolute atomic E-state index is 0.0586. The van der Waals surface area contributed by atoms with Gasteiger partial charge in [0.2, 0.25) is 0 Å². The Hall–Kier alpha value is -3.38. The molecule has 11 nitrogen and oxygen atoms in total. The number of aryl methyl sites for hydroxylation is 1. The summed E-state index contributed by atoms with van der Waals surface area (Å²) < 4.78 is 12.0. The SMILES string of the molecule is CC(C)n1c(=O)[nH]c2cnc3c(c(C4CCN(C(=O)O)CC4)c(-c4cnn(C)c4)n3COCC[Si](C)(C)C)c21. The molecule has 4 aromatic rings. The van der Waals surface area contributed by atoms with Gasteiger partial charge in [-0.05, 0) is 44.2 Å². The highest BCUT2D eigenvalue weighted by Gasteiger charge is 2.33. The summed E-state index contributed by atoms with van der Waals surface area (Å²) >= 11 is 0. The summed E-state index contributed by atoms with van der Waals surface area (Å²) in [7, 11) is 0.622. The van der Waals surface area contributed by atoms with Crippen LogP contribution in [-0.4, -0.2) is 72.8 Å². The Morgan fingerprint density at radius 2 is 1.95 bits per heavy atom. The molecule has 0 spiro atoms. The minimum atomic E-state index is -1.27. The standard InChI is InChI=1S/C27H39N7O4Si/c1-17(2)34-24-20(30-26(34)35)14-28-25-22(24)21(18-7-9-32(10-8-18)27(36)37)23(19-13-29-31(3)15-19)33(25)16-38-11-12-39(4,5)6/h13-15,17-18H,7-12,16H2,1-6H3,(H,30,35)(H,36,37). The van der Waals surface area contributed by atoms with Crippen molar-refractivity contribution in [3.63, 3.8) is 0 Å². The van der Waals surface area contributed by atoms with Crippen LogP contribution in [0.5, 0.6) is 0 Å². The fourth-order valence-electron chi connectivity index (χ4n) is 5.70. The molecule has 1 amide bonds. The number of fused-ring (bicyclic) bond motifs is 3. The van der Waals surface area contributed by atoms with E-state index in [9.17, 15) is 14.7 Å². The molecule has 1 saturated heterocycles. The zero-order valence-corrected chi connectivity index (χ0v) is 24.7. The highest BCUT2D eigenvalue weighted by molar-refractivity contribution is 6.76. The molecule has 0 bridgehead atoms. The maximum atomic E-state index is 13.1. The number of likely N-dealkylation sites (tertiary alicyclic amines) is 1. The molecule has 1 fully saturated rings. The molecule has 0 aromatic carbocycles. The maximum Gasteiger partial charge on any atom is 0.407 e. The zero-order chi connectivity index (χ0) is 28.1. The summed E-state index contributed by atoms with van der Waals surface area (Å²) in [6, 6.07) is 0.994. The second-order valence-electron chi connectivity index (χ2n) is 12.1. The first-order chi connectivity index (χ1) is 18.5. The summed E-state index contributed by atoms with van der Waals surface area (Å²) in [5, 5.41) is 15.0. The van der Waals surface area contributed by atoms with Gasteiger partial charge in [-0.15, -0.1) is 0 Å². The molecule has 39 heavy (non-hydrogen) atoms. The molecule has 210 valence electrons. The summed E-state index contributed by atoms with van der Waals surface area (Å²) in [6.07, 6.45) is 6.06. The number of hydrogen-bond acceptors (Lipinski definition) is 5. The molecule has 0 unspecified atom stereocenters. The van der Waals surface area contributed by atoms with Gasteiger partial charge in [0.05, 0.1) is 29.1 Å². The van der Waals surface area contributed by atoms with E-state index in [-0.39, 0.29) is 17.6 Å². The van der Waals surface area contributed by atoms with Crippen LogP contribution in [0, 0.1) is 0 Å². The van der Waals surface area contributed by atoms with Gasteiger partial charge in [0.25, 0.3) is 0 Å². The Morgan fingerprint density at radius 3 is 2.54 bits per heavy atom. The van der Waals surface area contributed by atoms with Crippen LogP contribution in [0.3, 0.4) is 0 Å². The Labute approximate surface area is 228 Å². The lowest BCUT2D eigenvalue weighted by Gasteiger charge is -2.30. The average Bonchev–Trinajstić information content (AvgIpc) is 3.53. The maximum absolute atomic E-state index is 13.1. The third-order valence-electron chi connectivity index (χ3n) is 7.67. The molecule has 0 saturated carbocycles. The topological polar surface area (TPSA) is 123 Å². The first-order valence-electron chi connectivity index (χ1n) is 13.7. The van der Waals surface area contributed by atoms with Crippen LogP contribution in [0.25, 0.3) is 33.3 Å². The molecule has 5 heterocycles. The Balaban J connectivity index is 1.76. The Bertz CT molecular complexity index is 1560. The van der Waals surface area contributed by atoms with Gasteiger partial charge in [-0.1, -0.05) is 19.6 Å². The highest BCUT2D eigenvalue weighted by atomic mass is 28.3. The summed E-state index contributed by atoms with van der Waals surface area (Å²) in [5.74, 6) is 0.0829. The number of nitrogens with zero attached hydrogens (tertiary/aromatic N) is 6. The number of piperidine rings is 1. The third-order valence-corrected chi connectivity index (χ3v) is 9.37. The van der Waals surface area contributed by atoms with Gasteiger partial charge in [-0.3, -0.25) is 9.25 Å². The number of amides is 1. The molecule has 12 heteroatoms. The fraction of sp³-hybridized carbons (Fsp3) is 0.556. The number of aromatic nitrogens is 6. The monoisotopic (exact) mass is 553 g/mol. The van der Waals surface area contributed by atoms with Crippen molar-refractivity contribution in [3.05, 3.63) is 34.6 Å². The molecule has 1 aliphatic heterocycles. The van der Waals surface area contributed by atoms with Crippen molar-refractivity contribution in [2.24, 2.45) is 7.05 Å². The van der Waals surface area contributed by atoms with Crippen molar-refractivity contribution in [1.82, 2.24) is 33.8 Å². The van der Waals surface area contributed by atoms with E-state index in [0.717, 1.165) is 39.4 Å². The molecular weight excluding hydrogens is 514 g/mol. The molecule has 0 aliphatic carbocycles. The van der Waals surface area contributed by atoms with Crippen LogP contribution in [0.15, 0.2) is 23.4 Å². The van der Waals surface area contributed by atoms with Gasteiger partial charge in [0.1, 0.15) is 12.4 Å². The second kappa shape index (κ2) is 10.3. The van der Waals surface area contributed by atoms with Crippen molar-refractivity contribution >= 4 is 36.2 Å². The molecule has 4 aromatic heterocycles. The molecular formula is C27H39N7O4Si. The van der Waals surface area contributed by atoms with Crippen LogP contribution in [-0.2, 0) is 18.5 Å². The number of carbonyl (C=O) groups is 1. The smallest absolute Gasteiger partial charge is 0.407 e. The predicted octanol–water partition coefficient (Wildman–Crippen LogP) is 4.83. The lowest BCUT2D eigenvalue weighted by Crippen LogP contribution is -2.36. The first-order valence-corrected chi connectivity index (χ1v) is 17.4. The van der Waals surface area contributed by atoms with Crippen molar-refractivity contribution in [2.45, 2.75) is 71.1 Å². The van der Waals surface area contributed by atoms with E-state index in [2.05, 4.69) is 34.3 Å². The van der Waals surface area contributed by atoms with E-state index in [1.807, 2.05) is 33.3 Å². The van der Waals surface area contributed by atoms with Crippen molar-refractivity contribution in [2.75, 3.05) is 19.7 Å². The zero-order valence-electron chi connectivity index (χ0n) is 23.7. The fourth-order valence-corrected chi connectivity index (χ4v) is 6.45. The van der Waals surface area contributed by atoms with Crippen molar-refractivity contribution in [3.8, 4) is 11.3 Å². The first kappa shape index (κ1) is 27.2. The number of carboxylic acid groups (broad SMARTS) is 1. The van der Waals surface area contributed by atoms with Gasteiger partial charge in [-0.2, -0.15) is 5.10 Å². The molecule has 2 N–H and O–H groups in total. The van der Waals surface area contributed by atoms with Crippen molar-refractivity contribution in [1.29, 1.82) is 0 Å². The van der Waals surface area contributed by atoms with E-state index in [4.69, 9.17) is 9.72 Å². The van der Waals surface area contributed by atoms with E-state index in [1.54, 1.807) is 15.4 Å². The second-order valence-corrected chi connectivity index (χ2v) is 17.7. The minimum Gasteiger partial charge on any atom is -0.465 e. The largest absolute Gasteiger partial charge is 0.465 e. The van der Waals surface area contributed by atoms with E-state index < -0.39 is 14.2 Å². The Kier molecular flexibility index (Phi) is 7.18. The molecule has 0 atom stereocenters. The molecule has 5 rings (SSSR count). The van der Waals surface area contributed by atoms with Crippen LogP contribution in [0.1, 0.15) is 44.2 Å². The number of ether oxygens (including phenoxy) is 1. The number of nitrogens with one attached hydrogen (secondary N) is 1. The Morgan fingerprint density at radius 1 is 1.23 bits per heavy atom. The van der Waals surface area contributed by atoms with Gasteiger partial charge >= 0.3 is 11.8 Å². The highest BCUT2D eigenvalue weighted by Crippen LogP contribution is 2.44. The van der Waals surface area contributed by atoms with Gasteiger partial charge in [-0.25, -0.2) is 14.6 Å². The van der Waals surface area contributed by atoms with E-state index >= 15 is 0 Å². The van der Waals surface area contributed by atoms with E-state index in [1.165, 1.54) is 4.90 Å². The lowest BCUT2D eigenvalue weighted by molar-refractivity contribution is 0.0907. The normalized spacial score (nSPS) is 15.3. The number of rotatable bonds is 8. The number of aromatic amines is 1. The van der Waals surface area contributed by atoms with Crippen LogP contribution in [0.2, 0.25) is 25.7 Å². The van der Waals surface area contributed by atoms with Crippen LogP contribution < -0.4 is 5.69 Å². The quantitative estimate of drug-likeness (QED) is 0.238. The van der Waals surface area contributed by atoms with Gasteiger partial charge in [0.15, 0.2) is 0 Å². The number of pyridine rings is 1. The molecule has 1 aliphatic rings. The summed E-state index contributed by atoms with van der Waals surface area (Å²) in [4.78, 5) is 34.1. The molecule has 0 radical (unpaired) electrons. The van der Waals surface area contributed by atoms with E-state index in [0.29, 0.717) is 44.8 Å². The number of H-pyrrole nitrogens is 1. The average molecular weight is 554 g/mol. The predicted molar refractivity (Wildman–Crippen MR) is 154 cm³/mol. The van der Waals surface area contributed by atoms with Crippen LogP contribution in [0.4, 0.5) is 4.79 Å². The summed E-state index contributed by atoms with van der Waals surface area (Å²) in [5.41, 5.74) is 5.14. The van der Waals surface area contributed by atoms with Gasteiger partial charge in [0, 0.05) is 58.0 Å². The van der Waals surface area contributed by atoms with Crippen LogP contribution >= 0.6 is 0 Å². The number of hydrogen-bond donors (Lipinski definition) is 2. The summed E-state index contributed by atoms with van der Waals surface area (Å²) in [6.45, 7) is 12.9.